The highest BCUT2D eigenvalue weighted by molar-refractivity contribution is 5.93. The average Bonchev–Trinajstić information content (AvgIpc) is 2.51. The van der Waals surface area contributed by atoms with Crippen molar-refractivity contribution in [2.45, 2.75) is 26.2 Å². The Bertz CT molecular complexity index is 465. The lowest BCUT2D eigenvalue weighted by molar-refractivity contribution is 0.0943. The Hall–Kier alpha value is -1.62. The monoisotopic (exact) mass is 291 g/mol. The number of nitrogens with one attached hydrogen (secondary N) is 1. The van der Waals surface area contributed by atoms with E-state index in [-0.39, 0.29) is 5.91 Å². The Morgan fingerprint density at radius 1 is 1.57 bits per heavy atom. The maximum absolute atomic E-state index is 12.1. The molecule has 1 saturated heterocycles. The van der Waals surface area contributed by atoms with E-state index in [4.69, 9.17) is 4.74 Å². The second-order valence-electron chi connectivity index (χ2n) is 5.69. The van der Waals surface area contributed by atoms with Crippen LogP contribution in [0.2, 0.25) is 0 Å². The van der Waals surface area contributed by atoms with E-state index < -0.39 is 0 Å². The summed E-state index contributed by atoms with van der Waals surface area (Å²) in [6.07, 6.45) is 5.03. The Balaban J connectivity index is 1.95. The molecule has 5 nitrogen and oxygen atoms in total. The molecule has 0 spiro atoms. The second-order valence-corrected chi connectivity index (χ2v) is 5.69. The lowest BCUT2D eigenvalue weighted by Gasteiger charge is -2.32. The molecule has 0 saturated carbocycles. The maximum Gasteiger partial charge on any atom is 0.269 e. The summed E-state index contributed by atoms with van der Waals surface area (Å²) < 4.78 is 4.96. The number of hydrogen-bond donors (Lipinski definition) is 1. The zero-order valence-electron chi connectivity index (χ0n) is 13.0. The molecule has 5 heteroatoms. The Morgan fingerprint density at radius 2 is 2.43 bits per heavy atom. The number of aromatic nitrogens is 1. The first kappa shape index (κ1) is 15.8. The van der Waals surface area contributed by atoms with Gasteiger partial charge in [0.15, 0.2) is 0 Å². The van der Waals surface area contributed by atoms with Crippen LogP contribution in [0, 0.1) is 5.92 Å². The van der Waals surface area contributed by atoms with Crippen LogP contribution in [0.5, 0.6) is 0 Å². The van der Waals surface area contributed by atoms with E-state index >= 15 is 0 Å². The van der Waals surface area contributed by atoms with Crippen LogP contribution < -0.4 is 10.2 Å². The Morgan fingerprint density at radius 3 is 3.19 bits per heavy atom. The minimum Gasteiger partial charge on any atom is -0.385 e. The Kier molecular flexibility index (Phi) is 5.99. The number of methoxy groups -OCH3 is 1. The van der Waals surface area contributed by atoms with E-state index in [0.717, 1.165) is 25.2 Å². The topological polar surface area (TPSA) is 54.5 Å². The third-order valence-corrected chi connectivity index (χ3v) is 3.81. The molecule has 21 heavy (non-hydrogen) atoms. The molecule has 1 fully saturated rings. The van der Waals surface area contributed by atoms with Gasteiger partial charge in [-0.15, -0.1) is 0 Å². The number of piperidine rings is 1. The normalized spacial score (nSPS) is 18.6. The number of rotatable bonds is 6. The van der Waals surface area contributed by atoms with Crippen LogP contribution in [0.15, 0.2) is 18.3 Å². The van der Waals surface area contributed by atoms with Gasteiger partial charge in [-0.3, -0.25) is 9.78 Å². The van der Waals surface area contributed by atoms with Crippen molar-refractivity contribution in [1.82, 2.24) is 10.3 Å². The lowest BCUT2D eigenvalue weighted by atomic mass is 10.00. The highest BCUT2D eigenvalue weighted by Gasteiger charge is 2.17. The van der Waals surface area contributed by atoms with Crippen molar-refractivity contribution in [3.05, 3.63) is 24.0 Å². The number of carbonyl (C=O) groups excluding carboxylic acids is 1. The largest absolute Gasteiger partial charge is 0.385 e. The Labute approximate surface area is 126 Å². The number of nitrogens with zero attached hydrogens (tertiary/aromatic N) is 2. The third-order valence-electron chi connectivity index (χ3n) is 3.81. The maximum atomic E-state index is 12.1. The fourth-order valence-electron chi connectivity index (χ4n) is 2.67. The molecule has 1 amide bonds. The van der Waals surface area contributed by atoms with Gasteiger partial charge in [0, 0.05) is 45.2 Å². The van der Waals surface area contributed by atoms with E-state index in [2.05, 4.69) is 22.1 Å². The molecule has 1 aliphatic heterocycles. The molecule has 0 aliphatic carbocycles. The second kappa shape index (κ2) is 7.98. The molecule has 0 aromatic carbocycles. The first-order valence-corrected chi connectivity index (χ1v) is 7.69. The number of hydrogen-bond acceptors (Lipinski definition) is 4. The number of anilines is 1. The van der Waals surface area contributed by atoms with Gasteiger partial charge in [-0.1, -0.05) is 6.92 Å². The van der Waals surface area contributed by atoms with Crippen molar-refractivity contribution in [2.24, 2.45) is 5.92 Å². The van der Waals surface area contributed by atoms with E-state index in [9.17, 15) is 4.79 Å². The fraction of sp³-hybridized carbons (Fsp3) is 0.625. The summed E-state index contributed by atoms with van der Waals surface area (Å²) in [5, 5.41) is 2.87. The summed E-state index contributed by atoms with van der Waals surface area (Å²) in [4.78, 5) is 18.6. The highest BCUT2D eigenvalue weighted by atomic mass is 16.5. The van der Waals surface area contributed by atoms with Crippen LogP contribution in [0.3, 0.4) is 0 Å². The van der Waals surface area contributed by atoms with Crippen molar-refractivity contribution >= 4 is 11.6 Å². The molecule has 1 N–H and O–H groups in total. The van der Waals surface area contributed by atoms with Crippen LogP contribution in [0.4, 0.5) is 5.69 Å². The zero-order chi connectivity index (χ0) is 15.1. The van der Waals surface area contributed by atoms with Crippen molar-refractivity contribution in [2.75, 3.05) is 38.3 Å². The summed E-state index contributed by atoms with van der Waals surface area (Å²) >= 11 is 0. The van der Waals surface area contributed by atoms with Crippen LogP contribution in [0.1, 0.15) is 36.7 Å². The molecule has 1 aromatic rings. The van der Waals surface area contributed by atoms with E-state index in [0.29, 0.717) is 24.8 Å². The van der Waals surface area contributed by atoms with Crippen molar-refractivity contribution in [1.29, 1.82) is 0 Å². The molecular weight excluding hydrogens is 266 g/mol. The van der Waals surface area contributed by atoms with Gasteiger partial charge in [-0.2, -0.15) is 0 Å². The fourth-order valence-corrected chi connectivity index (χ4v) is 2.67. The molecule has 0 radical (unpaired) electrons. The average molecular weight is 291 g/mol. The summed E-state index contributed by atoms with van der Waals surface area (Å²) in [6.45, 7) is 5.65. The molecule has 1 aliphatic rings. The molecule has 116 valence electrons. The molecule has 1 unspecified atom stereocenters. The van der Waals surface area contributed by atoms with Gasteiger partial charge in [-0.25, -0.2) is 0 Å². The lowest BCUT2D eigenvalue weighted by Crippen LogP contribution is -2.34. The zero-order valence-corrected chi connectivity index (χ0v) is 13.0. The molecule has 0 bridgehead atoms. The minimum absolute atomic E-state index is 0.113. The van der Waals surface area contributed by atoms with Crippen LogP contribution in [-0.2, 0) is 4.74 Å². The predicted octanol–water partition coefficient (Wildman–Crippen LogP) is 2.08. The predicted molar refractivity (Wildman–Crippen MR) is 83.7 cm³/mol. The van der Waals surface area contributed by atoms with Gasteiger partial charge in [0.25, 0.3) is 5.91 Å². The molecule has 2 heterocycles. The van der Waals surface area contributed by atoms with Crippen molar-refractivity contribution < 1.29 is 9.53 Å². The smallest absolute Gasteiger partial charge is 0.269 e. The first-order chi connectivity index (χ1) is 10.2. The summed E-state index contributed by atoms with van der Waals surface area (Å²) in [7, 11) is 1.66. The van der Waals surface area contributed by atoms with Crippen LogP contribution in [-0.4, -0.2) is 44.2 Å². The first-order valence-electron chi connectivity index (χ1n) is 7.69. The van der Waals surface area contributed by atoms with E-state index in [1.54, 1.807) is 13.3 Å². The summed E-state index contributed by atoms with van der Waals surface area (Å²) in [5.41, 5.74) is 1.58. The van der Waals surface area contributed by atoms with Crippen LogP contribution in [0.25, 0.3) is 0 Å². The highest BCUT2D eigenvalue weighted by Crippen LogP contribution is 2.22. The van der Waals surface area contributed by atoms with Crippen LogP contribution >= 0.6 is 0 Å². The molecule has 2 rings (SSSR count). The molecule has 1 atom stereocenters. The van der Waals surface area contributed by atoms with E-state index in [1.165, 1.54) is 12.8 Å². The number of carbonyl (C=O) groups is 1. The van der Waals surface area contributed by atoms with Gasteiger partial charge in [0.05, 0.1) is 0 Å². The van der Waals surface area contributed by atoms with E-state index in [1.807, 2.05) is 12.1 Å². The quantitative estimate of drug-likeness (QED) is 0.815. The standard InChI is InChI=1S/C16H25N3O2/c1-13-5-3-9-19(12-13)14-6-8-17-15(11-14)16(20)18-7-4-10-21-2/h6,8,11,13H,3-5,7,9-10,12H2,1-2H3,(H,18,20). The van der Waals surface area contributed by atoms with Gasteiger partial charge in [0.2, 0.25) is 0 Å². The number of amides is 1. The van der Waals surface area contributed by atoms with Crippen molar-refractivity contribution in [3.8, 4) is 0 Å². The number of ether oxygens (including phenoxy) is 1. The van der Waals surface area contributed by atoms with Crippen molar-refractivity contribution in [3.63, 3.8) is 0 Å². The SMILES string of the molecule is COCCCNC(=O)c1cc(N2CCCC(C)C2)ccn1. The van der Waals surface area contributed by atoms with Gasteiger partial charge in [0.1, 0.15) is 5.69 Å². The van der Waals surface area contributed by atoms with Gasteiger partial charge in [-0.05, 0) is 37.3 Å². The molecular formula is C16H25N3O2. The van der Waals surface area contributed by atoms with Gasteiger partial charge < -0.3 is 15.0 Å². The summed E-state index contributed by atoms with van der Waals surface area (Å²) in [6, 6.07) is 3.88. The minimum atomic E-state index is -0.113. The number of pyridine rings is 1. The summed E-state index contributed by atoms with van der Waals surface area (Å²) in [5.74, 6) is 0.594. The van der Waals surface area contributed by atoms with Gasteiger partial charge >= 0.3 is 0 Å². The molecule has 1 aromatic heterocycles. The third kappa shape index (κ3) is 4.70.